The van der Waals surface area contributed by atoms with E-state index in [4.69, 9.17) is 11.6 Å². The van der Waals surface area contributed by atoms with Crippen LogP contribution in [0.2, 0.25) is 4.34 Å². The Hall–Kier alpha value is -1.06. The minimum Gasteiger partial charge on any atom is -0.507 e. The normalized spacial score (nSPS) is 10.5. The van der Waals surface area contributed by atoms with Crippen LogP contribution < -0.4 is 0 Å². The van der Waals surface area contributed by atoms with E-state index in [-0.39, 0.29) is 5.75 Å². The van der Waals surface area contributed by atoms with Crippen LogP contribution in [0.25, 0.3) is 10.1 Å². The molecule has 0 aliphatic carbocycles. The molecular weight excluding hydrogens is 208 g/mol. The SMILES string of the molecule is O=Cc1ccc2sc(Cl)cc2c1O. The molecule has 1 aromatic carbocycles. The maximum Gasteiger partial charge on any atom is 0.153 e. The fourth-order valence-electron chi connectivity index (χ4n) is 1.18. The van der Waals surface area contributed by atoms with E-state index in [1.807, 2.05) is 0 Å². The van der Waals surface area contributed by atoms with Crippen LogP contribution in [0, 0.1) is 0 Å². The predicted octanol–water partition coefficient (Wildman–Crippen LogP) is 3.07. The van der Waals surface area contributed by atoms with Crippen molar-refractivity contribution in [2.45, 2.75) is 0 Å². The maximum absolute atomic E-state index is 10.5. The molecule has 1 aromatic heterocycles. The molecule has 2 nitrogen and oxygen atoms in total. The minimum atomic E-state index is 0.00986. The van der Waals surface area contributed by atoms with Crippen molar-refractivity contribution in [1.82, 2.24) is 0 Å². The van der Waals surface area contributed by atoms with Gasteiger partial charge in [-0.3, -0.25) is 4.79 Å². The van der Waals surface area contributed by atoms with E-state index in [9.17, 15) is 9.90 Å². The summed E-state index contributed by atoms with van der Waals surface area (Å²) in [4.78, 5) is 10.5. The van der Waals surface area contributed by atoms with E-state index in [0.717, 1.165) is 4.70 Å². The van der Waals surface area contributed by atoms with Crippen LogP contribution in [-0.4, -0.2) is 11.4 Å². The molecule has 0 aliphatic heterocycles. The highest BCUT2D eigenvalue weighted by molar-refractivity contribution is 7.22. The van der Waals surface area contributed by atoms with Crippen LogP contribution in [0.3, 0.4) is 0 Å². The molecule has 1 N–H and O–H groups in total. The average Bonchev–Trinajstić information content (AvgIpc) is 2.47. The number of phenols is 1. The smallest absolute Gasteiger partial charge is 0.153 e. The van der Waals surface area contributed by atoms with Gasteiger partial charge in [-0.05, 0) is 18.2 Å². The summed E-state index contributed by atoms with van der Waals surface area (Å²) in [6.45, 7) is 0. The summed E-state index contributed by atoms with van der Waals surface area (Å²) < 4.78 is 1.49. The molecule has 0 atom stereocenters. The molecule has 66 valence electrons. The van der Waals surface area contributed by atoms with Gasteiger partial charge >= 0.3 is 0 Å². The monoisotopic (exact) mass is 212 g/mol. The van der Waals surface area contributed by atoms with E-state index >= 15 is 0 Å². The number of carbonyl (C=O) groups excluding carboxylic acids is 1. The summed E-state index contributed by atoms with van der Waals surface area (Å²) in [5.74, 6) is 0.00986. The first kappa shape index (κ1) is 8.53. The van der Waals surface area contributed by atoms with Gasteiger partial charge in [0.2, 0.25) is 0 Å². The molecule has 2 aromatic rings. The second-order valence-corrected chi connectivity index (χ2v) is 4.30. The maximum atomic E-state index is 10.5. The Kier molecular flexibility index (Phi) is 1.98. The molecule has 0 aliphatic rings. The lowest BCUT2D eigenvalue weighted by Gasteiger charge is -1.96. The lowest BCUT2D eigenvalue weighted by atomic mass is 10.1. The Labute approximate surface area is 83.4 Å². The molecule has 0 saturated carbocycles. The van der Waals surface area contributed by atoms with Crippen molar-refractivity contribution >= 4 is 39.3 Å². The van der Waals surface area contributed by atoms with Crippen LogP contribution >= 0.6 is 22.9 Å². The highest BCUT2D eigenvalue weighted by atomic mass is 35.5. The number of halogens is 1. The third kappa shape index (κ3) is 1.30. The number of hydrogen-bond donors (Lipinski definition) is 1. The first-order valence-electron chi connectivity index (χ1n) is 3.58. The molecule has 0 amide bonds. The predicted molar refractivity (Wildman–Crippen MR) is 53.9 cm³/mol. The van der Waals surface area contributed by atoms with Gasteiger partial charge in [0.25, 0.3) is 0 Å². The van der Waals surface area contributed by atoms with Crippen LogP contribution in [0.15, 0.2) is 18.2 Å². The fourth-order valence-corrected chi connectivity index (χ4v) is 2.32. The van der Waals surface area contributed by atoms with Gasteiger partial charge in [0.1, 0.15) is 5.75 Å². The lowest BCUT2D eigenvalue weighted by molar-refractivity contribution is 0.112. The molecule has 13 heavy (non-hydrogen) atoms. The van der Waals surface area contributed by atoms with Crippen molar-refractivity contribution in [3.63, 3.8) is 0 Å². The highest BCUT2D eigenvalue weighted by Crippen LogP contribution is 2.36. The summed E-state index contributed by atoms with van der Waals surface area (Å²) in [6, 6.07) is 5.01. The minimum absolute atomic E-state index is 0.00986. The van der Waals surface area contributed by atoms with Gasteiger partial charge in [-0.2, -0.15) is 0 Å². The van der Waals surface area contributed by atoms with Crippen molar-refractivity contribution in [1.29, 1.82) is 0 Å². The highest BCUT2D eigenvalue weighted by Gasteiger charge is 2.08. The van der Waals surface area contributed by atoms with Crippen molar-refractivity contribution in [3.05, 3.63) is 28.1 Å². The van der Waals surface area contributed by atoms with Crippen LogP contribution in [0.4, 0.5) is 0 Å². The Morgan fingerprint density at radius 3 is 2.92 bits per heavy atom. The molecule has 0 fully saturated rings. The van der Waals surface area contributed by atoms with E-state index in [0.29, 0.717) is 21.6 Å². The average molecular weight is 213 g/mol. The van der Waals surface area contributed by atoms with Gasteiger partial charge < -0.3 is 5.11 Å². The zero-order chi connectivity index (χ0) is 9.42. The Balaban J connectivity index is 2.85. The van der Waals surface area contributed by atoms with Gasteiger partial charge in [-0.1, -0.05) is 11.6 Å². The van der Waals surface area contributed by atoms with E-state index in [1.165, 1.54) is 11.3 Å². The Morgan fingerprint density at radius 1 is 1.46 bits per heavy atom. The van der Waals surface area contributed by atoms with Gasteiger partial charge in [-0.15, -0.1) is 11.3 Å². The lowest BCUT2D eigenvalue weighted by Crippen LogP contribution is -1.79. The van der Waals surface area contributed by atoms with Crippen molar-refractivity contribution < 1.29 is 9.90 Å². The van der Waals surface area contributed by atoms with E-state index in [1.54, 1.807) is 18.2 Å². The fraction of sp³-hybridized carbons (Fsp3) is 0. The van der Waals surface area contributed by atoms with Crippen LogP contribution in [-0.2, 0) is 0 Å². The molecule has 4 heteroatoms. The first-order valence-corrected chi connectivity index (χ1v) is 4.78. The number of aromatic hydroxyl groups is 1. The molecule has 0 spiro atoms. The number of benzene rings is 1. The van der Waals surface area contributed by atoms with Gasteiger partial charge in [0.15, 0.2) is 6.29 Å². The summed E-state index contributed by atoms with van der Waals surface area (Å²) >= 11 is 7.14. The number of rotatable bonds is 1. The van der Waals surface area contributed by atoms with Crippen molar-refractivity contribution in [2.75, 3.05) is 0 Å². The number of carbonyl (C=O) groups is 1. The van der Waals surface area contributed by atoms with Gasteiger partial charge in [-0.25, -0.2) is 0 Å². The molecule has 2 rings (SSSR count). The summed E-state index contributed by atoms with van der Waals surface area (Å²) in [5, 5.41) is 10.2. The summed E-state index contributed by atoms with van der Waals surface area (Å²) in [7, 11) is 0. The first-order chi connectivity index (χ1) is 6.22. The molecule has 1 heterocycles. The largest absolute Gasteiger partial charge is 0.507 e. The number of fused-ring (bicyclic) bond motifs is 1. The second-order valence-electron chi connectivity index (χ2n) is 2.58. The molecule has 0 bridgehead atoms. The number of hydrogen-bond acceptors (Lipinski definition) is 3. The molecule has 0 radical (unpaired) electrons. The third-order valence-corrected chi connectivity index (χ3v) is 3.03. The zero-order valence-corrected chi connectivity index (χ0v) is 8.02. The summed E-state index contributed by atoms with van der Waals surface area (Å²) in [5.41, 5.74) is 0.293. The molecule has 0 unspecified atom stereocenters. The van der Waals surface area contributed by atoms with E-state index in [2.05, 4.69) is 0 Å². The standard InChI is InChI=1S/C9H5ClO2S/c10-8-3-6-7(13-8)2-1-5(4-11)9(6)12/h1-4,12H. The third-order valence-electron chi connectivity index (χ3n) is 1.80. The number of phenolic OH excluding ortho intramolecular Hbond substituents is 1. The van der Waals surface area contributed by atoms with Crippen LogP contribution in [0.5, 0.6) is 5.75 Å². The van der Waals surface area contributed by atoms with E-state index < -0.39 is 0 Å². The molecular formula is C9H5ClO2S. The quantitative estimate of drug-likeness (QED) is 0.738. The molecule has 0 saturated heterocycles. The second kappa shape index (κ2) is 3.01. The number of aldehydes is 1. The Bertz CT molecular complexity index is 476. The van der Waals surface area contributed by atoms with Crippen molar-refractivity contribution in [2.24, 2.45) is 0 Å². The Morgan fingerprint density at radius 2 is 2.23 bits per heavy atom. The van der Waals surface area contributed by atoms with Crippen molar-refractivity contribution in [3.8, 4) is 5.75 Å². The van der Waals surface area contributed by atoms with Gasteiger partial charge in [0, 0.05) is 10.1 Å². The summed E-state index contributed by atoms with van der Waals surface area (Å²) in [6.07, 6.45) is 0.625. The topological polar surface area (TPSA) is 37.3 Å². The van der Waals surface area contributed by atoms with Gasteiger partial charge in [0.05, 0.1) is 9.90 Å². The number of thiophene rings is 1. The zero-order valence-electron chi connectivity index (χ0n) is 6.45. The van der Waals surface area contributed by atoms with Crippen LogP contribution in [0.1, 0.15) is 10.4 Å².